The van der Waals surface area contributed by atoms with Crippen LogP contribution in [0.15, 0.2) is 47.2 Å². The highest BCUT2D eigenvalue weighted by atomic mass is 79.9. The standard InChI is InChI=1S/C15H18BrN3/c1-17-9-13-10-18-8-7-15(13)19(2)11-12-3-5-14(16)6-4-12/h3-8,10,17H,9,11H2,1-2H3. The van der Waals surface area contributed by atoms with Gasteiger partial charge in [0.05, 0.1) is 0 Å². The summed E-state index contributed by atoms with van der Waals surface area (Å²) in [6.45, 7) is 1.71. The largest absolute Gasteiger partial charge is 0.370 e. The Labute approximate surface area is 122 Å². The highest BCUT2D eigenvalue weighted by molar-refractivity contribution is 9.10. The number of rotatable bonds is 5. The third-order valence-corrected chi connectivity index (χ3v) is 3.52. The predicted molar refractivity (Wildman–Crippen MR) is 83.2 cm³/mol. The third kappa shape index (κ3) is 3.78. The molecule has 2 aromatic rings. The van der Waals surface area contributed by atoms with Crippen LogP contribution in [0.2, 0.25) is 0 Å². The van der Waals surface area contributed by atoms with Crippen LogP contribution in [-0.4, -0.2) is 19.1 Å². The lowest BCUT2D eigenvalue weighted by Gasteiger charge is -2.22. The molecule has 0 aliphatic heterocycles. The van der Waals surface area contributed by atoms with Crippen molar-refractivity contribution in [2.75, 3.05) is 19.0 Å². The Kier molecular flexibility index (Phi) is 4.93. The molecule has 1 heterocycles. The van der Waals surface area contributed by atoms with Crippen molar-refractivity contribution < 1.29 is 0 Å². The van der Waals surface area contributed by atoms with E-state index in [9.17, 15) is 0 Å². The molecule has 0 saturated heterocycles. The Bertz CT molecular complexity index is 525. The number of nitrogens with zero attached hydrogens (tertiary/aromatic N) is 2. The second kappa shape index (κ2) is 6.68. The number of nitrogens with one attached hydrogen (secondary N) is 1. The van der Waals surface area contributed by atoms with E-state index in [-0.39, 0.29) is 0 Å². The zero-order valence-electron chi connectivity index (χ0n) is 11.2. The molecule has 0 atom stereocenters. The fourth-order valence-corrected chi connectivity index (χ4v) is 2.33. The van der Waals surface area contributed by atoms with Gasteiger partial charge >= 0.3 is 0 Å². The molecule has 0 fully saturated rings. The molecule has 0 aliphatic rings. The van der Waals surface area contributed by atoms with Crippen molar-refractivity contribution in [2.45, 2.75) is 13.1 Å². The molecule has 3 nitrogen and oxygen atoms in total. The van der Waals surface area contributed by atoms with Gasteiger partial charge in [-0.25, -0.2) is 0 Å². The van der Waals surface area contributed by atoms with E-state index in [1.807, 2.05) is 19.4 Å². The maximum Gasteiger partial charge on any atom is 0.0443 e. The summed E-state index contributed by atoms with van der Waals surface area (Å²) in [6, 6.07) is 10.5. The maximum atomic E-state index is 4.19. The molecule has 0 bridgehead atoms. The fraction of sp³-hybridized carbons (Fsp3) is 0.267. The minimum absolute atomic E-state index is 0.827. The van der Waals surface area contributed by atoms with Gasteiger partial charge in [-0.05, 0) is 30.8 Å². The minimum atomic E-state index is 0.827. The Morgan fingerprint density at radius 3 is 2.63 bits per heavy atom. The normalized spacial score (nSPS) is 10.5. The van der Waals surface area contributed by atoms with E-state index < -0.39 is 0 Å². The average molecular weight is 320 g/mol. The van der Waals surface area contributed by atoms with Crippen LogP contribution in [0.25, 0.3) is 0 Å². The Morgan fingerprint density at radius 1 is 1.21 bits per heavy atom. The summed E-state index contributed by atoms with van der Waals surface area (Å²) < 4.78 is 1.11. The molecule has 0 radical (unpaired) electrons. The van der Waals surface area contributed by atoms with Gasteiger partial charge in [0, 0.05) is 48.3 Å². The van der Waals surface area contributed by atoms with E-state index in [1.54, 1.807) is 0 Å². The summed E-state index contributed by atoms with van der Waals surface area (Å²) >= 11 is 3.46. The van der Waals surface area contributed by atoms with Crippen LogP contribution in [-0.2, 0) is 13.1 Å². The van der Waals surface area contributed by atoms with Crippen LogP contribution in [0.5, 0.6) is 0 Å². The molecule has 0 saturated carbocycles. The minimum Gasteiger partial charge on any atom is -0.370 e. The highest BCUT2D eigenvalue weighted by Gasteiger charge is 2.07. The SMILES string of the molecule is CNCc1cnccc1N(C)Cc1ccc(Br)cc1. The lowest BCUT2D eigenvalue weighted by molar-refractivity contribution is 0.800. The van der Waals surface area contributed by atoms with Crippen LogP contribution in [0.3, 0.4) is 0 Å². The number of anilines is 1. The van der Waals surface area contributed by atoms with Gasteiger partial charge in [-0.2, -0.15) is 0 Å². The van der Waals surface area contributed by atoms with E-state index in [2.05, 4.69) is 68.5 Å². The zero-order chi connectivity index (χ0) is 13.7. The molecule has 2 rings (SSSR count). The first-order valence-corrected chi connectivity index (χ1v) is 7.03. The molecule has 1 aromatic carbocycles. The van der Waals surface area contributed by atoms with Crippen molar-refractivity contribution in [1.82, 2.24) is 10.3 Å². The quantitative estimate of drug-likeness (QED) is 0.917. The van der Waals surface area contributed by atoms with E-state index in [1.165, 1.54) is 16.8 Å². The van der Waals surface area contributed by atoms with Crippen molar-refractivity contribution in [3.63, 3.8) is 0 Å². The molecule has 1 aromatic heterocycles. The number of aromatic nitrogens is 1. The Hall–Kier alpha value is -1.39. The molecular weight excluding hydrogens is 302 g/mol. The first-order chi connectivity index (χ1) is 9.20. The molecule has 0 spiro atoms. The Balaban J connectivity index is 2.15. The first-order valence-electron chi connectivity index (χ1n) is 6.24. The molecule has 100 valence electrons. The number of hydrogen-bond donors (Lipinski definition) is 1. The van der Waals surface area contributed by atoms with Crippen molar-refractivity contribution in [3.8, 4) is 0 Å². The van der Waals surface area contributed by atoms with E-state index in [4.69, 9.17) is 0 Å². The number of pyridine rings is 1. The highest BCUT2D eigenvalue weighted by Crippen LogP contribution is 2.20. The average Bonchev–Trinajstić information content (AvgIpc) is 2.42. The summed E-state index contributed by atoms with van der Waals surface area (Å²) in [5.74, 6) is 0. The molecular formula is C15H18BrN3. The van der Waals surface area contributed by atoms with Crippen molar-refractivity contribution in [3.05, 3.63) is 58.3 Å². The molecule has 1 N–H and O–H groups in total. The van der Waals surface area contributed by atoms with Crippen LogP contribution in [0.1, 0.15) is 11.1 Å². The Morgan fingerprint density at radius 2 is 1.95 bits per heavy atom. The molecule has 4 heteroatoms. The zero-order valence-corrected chi connectivity index (χ0v) is 12.8. The van der Waals surface area contributed by atoms with E-state index in [0.29, 0.717) is 0 Å². The van der Waals surface area contributed by atoms with Crippen molar-refractivity contribution in [2.24, 2.45) is 0 Å². The van der Waals surface area contributed by atoms with Gasteiger partial charge in [0.1, 0.15) is 0 Å². The summed E-state index contributed by atoms with van der Waals surface area (Å²) in [5, 5.41) is 3.18. The predicted octanol–water partition coefficient (Wildman–Crippen LogP) is 3.20. The van der Waals surface area contributed by atoms with Crippen molar-refractivity contribution >= 4 is 21.6 Å². The number of hydrogen-bond acceptors (Lipinski definition) is 3. The molecule has 0 unspecified atom stereocenters. The van der Waals surface area contributed by atoms with E-state index >= 15 is 0 Å². The van der Waals surface area contributed by atoms with Crippen LogP contribution < -0.4 is 10.2 Å². The van der Waals surface area contributed by atoms with Crippen molar-refractivity contribution in [1.29, 1.82) is 0 Å². The third-order valence-electron chi connectivity index (χ3n) is 2.99. The van der Waals surface area contributed by atoms with Gasteiger partial charge in [-0.15, -0.1) is 0 Å². The monoisotopic (exact) mass is 319 g/mol. The maximum absolute atomic E-state index is 4.19. The molecule has 0 aliphatic carbocycles. The molecule has 0 amide bonds. The molecule has 19 heavy (non-hydrogen) atoms. The van der Waals surface area contributed by atoms with Gasteiger partial charge in [0.25, 0.3) is 0 Å². The van der Waals surface area contributed by atoms with Gasteiger partial charge in [0.15, 0.2) is 0 Å². The van der Waals surface area contributed by atoms with Crippen LogP contribution in [0, 0.1) is 0 Å². The van der Waals surface area contributed by atoms with E-state index in [0.717, 1.165) is 17.6 Å². The lowest BCUT2D eigenvalue weighted by Crippen LogP contribution is -2.19. The summed E-state index contributed by atoms with van der Waals surface area (Å²) in [7, 11) is 4.06. The van der Waals surface area contributed by atoms with Crippen LogP contribution in [0.4, 0.5) is 5.69 Å². The summed E-state index contributed by atoms with van der Waals surface area (Å²) in [5.41, 5.74) is 3.72. The van der Waals surface area contributed by atoms with Crippen LogP contribution >= 0.6 is 15.9 Å². The second-order valence-electron chi connectivity index (χ2n) is 4.52. The second-order valence-corrected chi connectivity index (χ2v) is 5.43. The van der Waals surface area contributed by atoms with Gasteiger partial charge in [-0.1, -0.05) is 28.1 Å². The lowest BCUT2D eigenvalue weighted by atomic mass is 10.1. The van der Waals surface area contributed by atoms with Gasteiger partial charge in [-0.3, -0.25) is 4.98 Å². The van der Waals surface area contributed by atoms with Gasteiger partial charge in [0.2, 0.25) is 0 Å². The topological polar surface area (TPSA) is 28.2 Å². The number of benzene rings is 1. The first kappa shape index (κ1) is 14.0. The smallest absolute Gasteiger partial charge is 0.0443 e. The fourth-order valence-electron chi connectivity index (χ4n) is 2.07. The summed E-state index contributed by atoms with van der Waals surface area (Å²) in [4.78, 5) is 6.44. The van der Waals surface area contributed by atoms with Gasteiger partial charge < -0.3 is 10.2 Å². The summed E-state index contributed by atoms with van der Waals surface area (Å²) in [6.07, 6.45) is 3.76. The number of halogens is 1.